The minimum Gasteiger partial charge on any atom is -0.508 e. The van der Waals surface area contributed by atoms with Gasteiger partial charge >= 0.3 is 0 Å². The van der Waals surface area contributed by atoms with Gasteiger partial charge in [0.1, 0.15) is 17.4 Å². The van der Waals surface area contributed by atoms with Crippen molar-refractivity contribution >= 4 is 27.4 Å². The number of anilines is 1. The van der Waals surface area contributed by atoms with Crippen LogP contribution in [0.5, 0.6) is 5.75 Å². The molecule has 0 saturated carbocycles. The Kier molecular flexibility index (Phi) is 5.63. The van der Waals surface area contributed by atoms with Crippen molar-refractivity contribution in [3.05, 3.63) is 64.6 Å². The number of benzene rings is 2. The van der Waals surface area contributed by atoms with Crippen molar-refractivity contribution < 1.29 is 5.11 Å². The molecule has 2 unspecified atom stereocenters. The summed E-state index contributed by atoms with van der Waals surface area (Å²) in [6.45, 7) is 4.28. The number of pyridine rings is 2. The summed E-state index contributed by atoms with van der Waals surface area (Å²) in [7, 11) is 0. The molecule has 4 aliphatic rings. The molecule has 2 N–H and O–H groups in total. The van der Waals surface area contributed by atoms with Crippen LogP contribution in [-0.2, 0) is 6.54 Å². The Morgan fingerprint density at radius 3 is 2.56 bits per heavy atom. The molecule has 2 atom stereocenters. The first-order valence-corrected chi connectivity index (χ1v) is 15.0. The quantitative estimate of drug-likeness (QED) is 0.393. The number of nitriles is 1. The molecule has 2 aromatic carbocycles. The van der Waals surface area contributed by atoms with E-state index in [-0.39, 0.29) is 22.4 Å². The number of nitrogens with zero attached hydrogens (tertiary/aromatic N) is 5. The number of phenols is 1. The van der Waals surface area contributed by atoms with E-state index >= 15 is 0 Å². The molecule has 8 rings (SSSR count). The van der Waals surface area contributed by atoms with E-state index in [4.69, 9.17) is 4.98 Å². The first-order chi connectivity index (χ1) is 20.0. The fourth-order valence-electron chi connectivity index (χ4n) is 8.33. The number of phenolic OH excluding ortho intramolecular Hbond substituents is 1. The van der Waals surface area contributed by atoms with E-state index in [2.05, 4.69) is 21.2 Å². The highest BCUT2D eigenvalue weighted by atomic mass is 16.3. The van der Waals surface area contributed by atoms with E-state index in [1.807, 2.05) is 41.1 Å². The van der Waals surface area contributed by atoms with Crippen LogP contribution in [0.2, 0.25) is 0 Å². The van der Waals surface area contributed by atoms with Gasteiger partial charge in [0.2, 0.25) is 0 Å². The summed E-state index contributed by atoms with van der Waals surface area (Å²) in [4.78, 5) is 24.1. The van der Waals surface area contributed by atoms with Crippen LogP contribution < -0.4 is 15.8 Å². The number of hydrogen-bond donors (Lipinski definition) is 2. The molecular weight excluding hydrogens is 512 g/mol. The number of piperazine rings is 1. The summed E-state index contributed by atoms with van der Waals surface area (Å²) in [5.41, 5.74) is 3.08. The third-order valence-electron chi connectivity index (χ3n) is 10.2. The molecular formula is C33H34N6O2. The molecule has 0 radical (unpaired) electrons. The first kappa shape index (κ1) is 24.8. The SMILES string of the molecule is N#Cc1c(N2CC3CCC(C2)N3)c2cnc(-c3cc(O)cc4ccccc34)cc2n(CC23CCCN2CCC3)c1=O. The summed E-state index contributed by atoms with van der Waals surface area (Å²) in [5, 5.41) is 27.5. The van der Waals surface area contributed by atoms with Crippen LogP contribution in [0.15, 0.2) is 53.5 Å². The Morgan fingerprint density at radius 2 is 1.80 bits per heavy atom. The monoisotopic (exact) mass is 546 g/mol. The van der Waals surface area contributed by atoms with E-state index < -0.39 is 0 Å². The normalized spacial score (nSPS) is 23.3. The molecule has 4 aliphatic heterocycles. The maximum Gasteiger partial charge on any atom is 0.271 e. The molecule has 2 bridgehead atoms. The zero-order chi connectivity index (χ0) is 27.7. The van der Waals surface area contributed by atoms with Crippen molar-refractivity contribution in [3.63, 3.8) is 0 Å². The van der Waals surface area contributed by atoms with Crippen molar-refractivity contribution in [3.8, 4) is 23.1 Å². The third-order valence-corrected chi connectivity index (χ3v) is 10.2. The second kappa shape index (κ2) is 9.30. The van der Waals surface area contributed by atoms with Crippen molar-refractivity contribution in [1.29, 1.82) is 5.26 Å². The lowest BCUT2D eigenvalue weighted by Crippen LogP contribution is -2.52. The molecule has 0 spiro atoms. The van der Waals surface area contributed by atoms with Gasteiger partial charge in [-0.2, -0.15) is 5.26 Å². The Balaban J connectivity index is 1.38. The molecule has 4 fully saturated rings. The predicted octanol–water partition coefficient (Wildman–Crippen LogP) is 4.36. The minimum absolute atomic E-state index is 0.0414. The maximum absolute atomic E-state index is 14.4. The van der Waals surface area contributed by atoms with Gasteiger partial charge in [0.15, 0.2) is 0 Å². The Labute approximate surface area is 238 Å². The third kappa shape index (κ3) is 3.87. The molecule has 0 amide bonds. The number of aromatic hydroxyl groups is 1. The molecule has 8 heteroatoms. The van der Waals surface area contributed by atoms with Crippen LogP contribution in [-0.4, -0.2) is 63.4 Å². The number of rotatable bonds is 4. The fourth-order valence-corrected chi connectivity index (χ4v) is 8.33. The molecule has 6 heterocycles. The average molecular weight is 547 g/mol. The van der Waals surface area contributed by atoms with Crippen LogP contribution in [0.3, 0.4) is 0 Å². The summed E-state index contributed by atoms with van der Waals surface area (Å²) < 4.78 is 1.88. The van der Waals surface area contributed by atoms with Crippen molar-refractivity contribution in [1.82, 2.24) is 19.8 Å². The maximum atomic E-state index is 14.4. The van der Waals surface area contributed by atoms with Crippen LogP contribution in [0, 0.1) is 11.3 Å². The minimum atomic E-state index is -0.202. The highest BCUT2D eigenvalue weighted by molar-refractivity contribution is 6.00. The van der Waals surface area contributed by atoms with Crippen molar-refractivity contribution in [2.75, 3.05) is 31.1 Å². The van der Waals surface area contributed by atoms with Crippen LogP contribution in [0.1, 0.15) is 44.1 Å². The molecule has 0 aliphatic carbocycles. The topological polar surface area (TPSA) is 97.4 Å². The number of nitrogens with one attached hydrogen (secondary N) is 1. The molecule has 4 saturated heterocycles. The van der Waals surface area contributed by atoms with E-state index in [0.29, 0.717) is 24.3 Å². The van der Waals surface area contributed by atoms with Crippen molar-refractivity contribution in [2.45, 2.75) is 62.7 Å². The molecule has 4 aromatic rings. The summed E-state index contributed by atoms with van der Waals surface area (Å²) in [6.07, 6.45) is 8.51. The van der Waals surface area contributed by atoms with E-state index in [0.717, 1.165) is 97.6 Å². The lowest BCUT2D eigenvalue weighted by molar-refractivity contribution is 0.170. The van der Waals surface area contributed by atoms with Crippen LogP contribution >= 0.6 is 0 Å². The summed E-state index contributed by atoms with van der Waals surface area (Å²) in [6, 6.07) is 16.6. The largest absolute Gasteiger partial charge is 0.508 e. The number of aromatic nitrogens is 2. The summed E-state index contributed by atoms with van der Waals surface area (Å²) in [5.74, 6) is 0.182. The Morgan fingerprint density at radius 1 is 1.05 bits per heavy atom. The van der Waals surface area contributed by atoms with E-state index in [9.17, 15) is 15.2 Å². The van der Waals surface area contributed by atoms with Gasteiger partial charge in [-0.15, -0.1) is 0 Å². The van der Waals surface area contributed by atoms with Gasteiger partial charge in [-0.05, 0) is 80.6 Å². The average Bonchev–Trinajstić information content (AvgIpc) is 3.66. The van der Waals surface area contributed by atoms with Gasteiger partial charge in [0, 0.05) is 54.4 Å². The first-order valence-electron chi connectivity index (χ1n) is 15.0. The second-order valence-electron chi connectivity index (χ2n) is 12.5. The van der Waals surface area contributed by atoms with Gasteiger partial charge < -0.3 is 19.9 Å². The van der Waals surface area contributed by atoms with E-state index in [1.165, 1.54) is 0 Å². The lowest BCUT2D eigenvalue weighted by Gasteiger charge is -2.37. The second-order valence-corrected chi connectivity index (χ2v) is 12.5. The molecule has 8 nitrogen and oxygen atoms in total. The molecule has 2 aromatic heterocycles. The van der Waals surface area contributed by atoms with Gasteiger partial charge in [0.05, 0.1) is 16.9 Å². The highest BCUT2D eigenvalue weighted by Crippen LogP contribution is 2.42. The standard InChI is InChI=1S/C33H34N6O2/c34-16-27-31(37-18-22-7-8-23(19-37)36-22)28-17-35-29(26-14-24(40)13-21-5-1-2-6-25(21)26)15-30(28)39(32(27)41)20-33-9-3-11-38(33)12-4-10-33/h1-2,5-6,13-15,17,22-23,36,40H,3-4,7-12,18-20H2. The number of fused-ring (bicyclic) bond motifs is 5. The van der Waals surface area contributed by atoms with Gasteiger partial charge in [-0.1, -0.05) is 24.3 Å². The van der Waals surface area contributed by atoms with E-state index in [1.54, 1.807) is 12.1 Å². The van der Waals surface area contributed by atoms with Gasteiger partial charge in [-0.25, -0.2) is 0 Å². The molecule has 208 valence electrons. The van der Waals surface area contributed by atoms with Crippen LogP contribution in [0.25, 0.3) is 32.9 Å². The lowest BCUT2D eigenvalue weighted by atomic mass is 9.93. The zero-order valence-electron chi connectivity index (χ0n) is 23.1. The number of hydrogen-bond acceptors (Lipinski definition) is 7. The predicted molar refractivity (Wildman–Crippen MR) is 160 cm³/mol. The van der Waals surface area contributed by atoms with Crippen molar-refractivity contribution in [2.24, 2.45) is 0 Å². The fraction of sp³-hybridized carbons (Fsp3) is 0.424. The Hall–Kier alpha value is -3.93. The summed E-state index contributed by atoms with van der Waals surface area (Å²) >= 11 is 0. The highest BCUT2D eigenvalue weighted by Gasteiger charge is 2.45. The zero-order valence-corrected chi connectivity index (χ0v) is 23.1. The molecule has 41 heavy (non-hydrogen) atoms. The Bertz CT molecular complexity index is 1780. The van der Waals surface area contributed by atoms with Gasteiger partial charge in [0.25, 0.3) is 5.56 Å². The van der Waals surface area contributed by atoms with Gasteiger partial charge in [-0.3, -0.25) is 14.7 Å². The smallest absolute Gasteiger partial charge is 0.271 e. The van der Waals surface area contributed by atoms with Crippen LogP contribution in [0.4, 0.5) is 5.69 Å².